The molecule has 0 aliphatic heterocycles. The van der Waals surface area contributed by atoms with Crippen molar-refractivity contribution in [2.24, 2.45) is 5.73 Å². The number of rotatable bonds is 7. The lowest BCUT2D eigenvalue weighted by atomic mass is 9.97. The van der Waals surface area contributed by atoms with E-state index in [1.165, 1.54) is 11.3 Å². The first-order valence-corrected chi connectivity index (χ1v) is 8.20. The van der Waals surface area contributed by atoms with Gasteiger partial charge in [0.05, 0.1) is 0 Å². The van der Waals surface area contributed by atoms with Gasteiger partial charge >= 0.3 is 0 Å². The van der Waals surface area contributed by atoms with Crippen LogP contribution in [0.5, 0.6) is 0 Å². The van der Waals surface area contributed by atoms with Gasteiger partial charge in [0.1, 0.15) is 0 Å². The van der Waals surface area contributed by atoms with Crippen LogP contribution in [-0.4, -0.2) is 36.6 Å². The number of likely N-dealkylation sites (N-methyl/N-ethyl adjacent to an activating group) is 1. The van der Waals surface area contributed by atoms with Gasteiger partial charge in [-0.1, -0.05) is 19.1 Å². The second kappa shape index (κ2) is 7.81. The summed E-state index contributed by atoms with van der Waals surface area (Å²) in [7, 11) is 0. The Bertz CT molecular complexity index is 401. The molecule has 21 heavy (non-hydrogen) atoms. The van der Waals surface area contributed by atoms with E-state index >= 15 is 0 Å². The summed E-state index contributed by atoms with van der Waals surface area (Å²) in [5.74, 6) is 0. The summed E-state index contributed by atoms with van der Waals surface area (Å²) in [6, 6.07) is 9.20. The number of hydrogen-bond acceptors (Lipinski definition) is 3. The molecule has 120 valence electrons. The van der Waals surface area contributed by atoms with Crippen molar-refractivity contribution in [2.45, 2.75) is 53.1 Å². The molecule has 0 spiro atoms. The van der Waals surface area contributed by atoms with Crippen LogP contribution in [0.1, 0.15) is 53.1 Å². The lowest BCUT2D eigenvalue weighted by Crippen LogP contribution is -2.46. The fourth-order valence-electron chi connectivity index (χ4n) is 3.10. The van der Waals surface area contributed by atoms with Gasteiger partial charge in [-0.05, 0) is 58.9 Å². The molecule has 0 aliphatic carbocycles. The first-order chi connectivity index (χ1) is 9.88. The van der Waals surface area contributed by atoms with Crippen molar-refractivity contribution in [3.8, 4) is 0 Å². The first kappa shape index (κ1) is 18.0. The number of benzene rings is 1. The third-order valence-electron chi connectivity index (χ3n) is 4.21. The maximum Gasteiger partial charge on any atom is 0.0475 e. The lowest BCUT2D eigenvalue weighted by molar-refractivity contribution is 0.0919. The number of anilines is 1. The van der Waals surface area contributed by atoms with Crippen molar-refractivity contribution < 1.29 is 0 Å². The molecule has 0 aliphatic rings. The quantitative estimate of drug-likeness (QED) is 0.832. The van der Waals surface area contributed by atoms with Gasteiger partial charge in [-0.25, -0.2) is 0 Å². The highest BCUT2D eigenvalue weighted by molar-refractivity contribution is 5.47. The Kier molecular flexibility index (Phi) is 6.69. The molecule has 0 saturated carbocycles. The molecule has 0 fully saturated rings. The summed E-state index contributed by atoms with van der Waals surface area (Å²) in [6.07, 6.45) is 0. The maximum absolute atomic E-state index is 6.08. The zero-order chi connectivity index (χ0) is 16.0. The zero-order valence-electron chi connectivity index (χ0n) is 14.7. The highest BCUT2D eigenvalue weighted by Crippen LogP contribution is 2.28. The van der Waals surface area contributed by atoms with E-state index in [-0.39, 0.29) is 11.6 Å². The molecule has 1 aromatic carbocycles. The van der Waals surface area contributed by atoms with Crippen LogP contribution in [-0.2, 0) is 0 Å². The minimum absolute atomic E-state index is 0.121. The maximum atomic E-state index is 6.08. The Balaban J connectivity index is 3.02. The Morgan fingerprint density at radius 2 is 1.48 bits per heavy atom. The van der Waals surface area contributed by atoms with Crippen molar-refractivity contribution >= 4 is 5.69 Å². The molecule has 0 saturated heterocycles. The van der Waals surface area contributed by atoms with Gasteiger partial charge in [0.15, 0.2) is 0 Å². The van der Waals surface area contributed by atoms with Crippen LogP contribution in [0.15, 0.2) is 24.3 Å². The van der Waals surface area contributed by atoms with E-state index in [1.54, 1.807) is 0 Å². The monoisotopic (exact) mass is 291 g/mol. The van der Waals surface area contributed by atoms with Gasteiger partial charge in [-0.3, -0.25) is 4.90 Å². The molecule has 3 heteroatoms. The topological polar surface area (TPSA) is 32.5 Å². The summed E-state index contributed by atoms with van der Waals surface area (Å²) in [6.45, 7) is 17.1. The van der Waals surface area contributed by atoms with Crippen LogP contribution in [0.3, 0.4) is 0 Å². The minimum atomic E-state index is 0.121. The molecule has 1 atom stereocenters. The Labute approximate surface area is 131 Å². The SMILES string of the molecule is CCN(CC)c1ccc(C(CN)N(CC)C(C)(C)C)cc1. The molecule has 1 unspecified atom stereocenters. The fraction of sp³-hybridized carbons (Fsp3) is 0.667. The van der Waals surface area contributed by atoms with E-state index < -0.39 is 0 Å². The third-order valence-corrected chi connectivity index (χ3v) is 4.21. The van der Waals surface area contributed by atoms with Gasteiger partial charge in [0, 0.05) is 36.9 Å². The molecule has 1 aromatic rings. The van der Waals surface area contributed by atoms with E-state index in [0.717, 1.165) is 19.6 Å². The van der Waals surface area contributed by atoms with Crippen molar-refractivity contribution in [2.75, 3.05) is 31.1 Å². The van der Waals surface area contributed by atoms with Crippen molar-refractivity contribution in [1.29, 1.82) is 0 Å². The van der Waals surface area contributed by atoms with E-state index in [4.69, 9.17) is 5.73 Å². The average Bonchev–Trinajstić information content (AvgIpc) is 2.45. The van der Waals surface area contributed by atoms with Crippen LogP contribution in [0, 0.1) is 0 Å². The van der Waals surface area contributed by atoms with Crippen LogP contribution >= 0.6 is 0 Å². The number of nitrogens with two attached hydrogens (primary N) is 1. The molecule has 0 amide bonds. The summed E-state index contributed by atoms with van der Waals surface area (Å²) < 4.78 is 0. The average molecular weight is 291 g/mol. The summed E-state index contributed by atoms with van der Waals surface area (Å²) >= 11 is 0. The first-order valence-electron chi connectivity index (χ1n) is 8.20. The molecule has 0 radical (unpaired) electrons. The molecule has 0 bridgehead atoms. The van der Waals surface area contributed by atoms with Gasteiger partial charge in [0.25, 0.3) is 0 Å². The van der Waals surface area contributed by atoms with Crippen LogP contribution in [0.2, 0.25) is 0 Å². The van der Waals surface area contributed by atoms with Gasteiger partial charge in [-0.2, -0.15) is 0 Å². The normalized spacial score (nSPS) is 13.5. The van der Waals surface area contributed by atoms with E-state index in [1.807, 2.05) is 0 Å². The van der Waals surface area contributed by atoms with Crippen molar-refractivity contribution in [3.05, 3.63) is 29.8 Å². The molecular formula is C18H33N3. The van der Waals surface area contributed by atoms with E-state index in [9.17, 15) is 0 Å². The molecule has 3 nitrogen and oxygen atoms in total. The molecule has 0 aromatic heterocycles. The molecule has 2 N–H and O–H groups in total. The predicted molar refractivity (Wildman–Crippen MR) is 93.9 cm³/mol. The fourth-order valence-corrected chi connectivity index (χ4v) is 3.10. The number of hydrogen-bond donors (Lipinski definition) is 1. The van der Waals surface area contributed by atoms with Crippen molar-refractivity contribution in [3.63, 3.8) is 0 Å². The smallest absolute Gasteiger partial charge is 0.0475 e. The zero-order valence-corrected chi connectivity index (χ0v) is 14.7. The minimum Gasteiger partial charge on any atom is -0.372 e. The predicted octanol–water partition coefficient (Wildman–Crippen LogP) is 3.65. The van der Waals surface area contributed by atoms with E-state index in [0.29, 0.717) is 6.54 Å². The third kappa shape index (κ3) is 4.45. The summed E-state index contributed by atoms with van der Waals surface area (Å²) in [4.78, 5) is 4.84. The highest BCUT2D eigenvalue weighted by atomic mass is 15.2. The second-order valence-corrected chi connectivity index (χ2v) is 6.47. The van der Waals surface area contributed by atoms with Crippen molar-refractivity contribution in [1.82, 2.24) is 4.90 Å². The van der Waals surface area contributed by atoms with Gasteiger partial charge < -0.3 is 10.6 Å². The molecule has 0 heterocycles. The summed E-state index contributed by atoms with van der Waals surface area (Å²) in [5, 5.41) is 0. The van der Waals surface area contributed by atoms with Crippen LogP contribution in [0.4, 0.5) is 5.69 Å². The molecular weight excluding hydrogens is 258 g/mol. The molecule has 1 rings (SSSR count). The van der Waals surface area contributed by atoms with E-state index in [2.05, 4.69) is 75.6 Å². The Morgan fingerprint density at radius 3 is 1.81 bits per heavy atom. The van der Waals surface area contributed by atoms with Gasteiger partial charge in [-0.15, -0.1) is 0 Å². The second-order valence-electron chi connectivity index (χ2n) is 6.47. The Morgan fingerprint density at radius 1 is 0.952 bits per heavy atom. The summed E-state index contributed by atoms with van der Waals surface area (Å²) in [5.41, 5.74) is 8.80. The lowest BCUT2D eigenvalue weighted by Gasteiger charge is -2.41. The van der Waals surface area contributed by atoms with Gasteiger partial charge in [0.2, 0.25) is 0 Å². The van der Waals surface area contributed by atoms with Crippen LogP contribution < -0.4 is 10.6 Å². The Hall–Kier alpha value is -1.06. The standard InChI is InChI=1S/C18H33N3/c1-7-20(8-2)16-12-10-15(11-13-16)17(14-19)21(9-3)18(4,5)6/h10-13,17H,7-9,14,19H2,1-6H3. The highest BCUT2D eigenvalue weighted by Gasteiger charge is 2.27. The largest absolute Gasteiger partial charge is 0.372 e. The number of nitrogens with zero attached hydrogens (tertiary/aromatic N) is 2. The van der Waals surface area contributed by atoms with Crippen LogP contribution in [0.25, 0.3) is 0 Å².